The number of benzene rings is 4. The van der Waals surface area contributed by atoms with Crippen LogP contribution in [0, 0.1) is 64.2 Å². The van der Waals surface area contributed by atoms with Gasteiger partial charge in [0.1, 0.15) is 5.94 Å². The molecule has 0 bridgehead atoms. The average Bonchev–Trinajstić information content (AvgIpc) is 3.93. The van der Waals surface area contributed by atoms with E-state index in [2.05, 4.69) is 157 Å². The number of nitriles is 2. The van der Waals surface area contributed by atoms with Crippen molar-refractivity contribution in [3.8, 4) is 12.1 Å². The van der Waals surface area contributed by atoms with Gasteiger partial charge in [-0.1, -0.05) is 141 Å². The third-order valence-corrected chi connectivity index (χ3v) is 11.5. The SMILES string of the molecule is CC#N.CC#N.Cc1cc(C)n([BH-](n2nc(C)cc2C)n2nc(C)cc2C)n1.F[P-](F)(F)(F)(F)F.[2H]C(=C=O)c1ccccc1/C=C\CCC.[Ru+2].c1ccc(P(c2ccccc2)c2ccccc2)cc1. The molecule has 0 aliphatic carbocycles. The minimum atomic E-state index is -10.7. The van der Waals surface area contributed by atoms with E-state index in [4.69, 9.17) is 27.2 Å². The Hall–Kier alpha value is -6.19. The second-order valence-corrected chi connectivity index (χ2v) is 19.1. The standard InChI is InChI=1S/C18H15P.C15H22BN6.C13H14O.2C2H3N.F6P.Ru/c1-4-10-16(11-5-1)19(17-12-6-2-7-13-17)18-14-8-3-9-15-18;1-10-7-13(4)20(17-10)16(21-14(5)8-11(2)18-21)22-15(6)9-12(3)19-22;1-2-3-4-7-12-8-5-6-9-13(12)10-11-14;2*1-2-3;1-7(2,3,4,5)6;/h1-15H;7-9,16H,1-6H3;4-10H,2-3H2,1H3;2*1H3;;/q;-1;;;;-1;+2/b;;7-4-;;;;/i;;10D;;;;. The van der Waals surface area contributed by atoms with E-state index in [1.54, 1.807) is 24.1 Å². The zero-order valence-corrected chi connectivity index (χ0v) is 43.5. The van der Waals surface area contributed by atoms with Crippen molar-refractivity contribution in [2.45, 2.75) is 75.2 Å². The molecule has 366 valence electrons. The number of aromatic nitrogens is 6. The van der Waals surface area contributed by atoms with Crippen molar-refractivity contribution < 1.29 is 50.8 Å². The van der Waals surface area contributed by atoms with Gasteiger partial charge < -0.3 is 13.8 Å². The van der Waals surface area contributed by atoms with Crippen molar-refractivity contribution >= 4 is 56.8 Å². The second-order valence-electron chi connectivity index (χ2n) is 15.0. The molecule has 0 saturated heterocycles. The largest absolute Gasteiger partial charge is 2.00 e. The summed E-state index contributed by atoms with van der Waals surface area (Å²) in [6, 6.07) is 49.4. The van der Waals surface area contributed by atoms with Gasteiger partial charge in [0.25, 0.3) is 0 Å². The van der Waals surface area contributed by atoms with Crippen LogP contribution < -0.4 is 15.9 Å². The van der Waals surface area contributed by atoms with Gasteiger partial charge >= 0.3 is 59.6 Å². The first kappa shape index (κ1) is 58.9. The number of hydrogen-bond acceptors (Lipinski definition) is 6. The fourth-order valence-electron chi connectivity index (χ4n) is 6.63. The first-order valence-corrected chi connectivity index (χ1v) is 24.6. The Morgan fingerprint density at radius 1 is 0.609 bits per heavy atom. The number of nitrogens with zero attached hydrogens (tertiary/aromatic N) is 8. The topological polar surface area (TPSA) is 118 Å². The van der Waals surface area contributed by atoms with Crippen LogP contribution in [-0.2, 0) is 24.3 Å². The summed E-state index contributed by atoms with van der Waals surface area (Å²) >= 11 is 0. The minimum Gasteiger partial charge on any atom is -0.233 e. The fraction of sp³-hybridized carbons (Fsp3) is 0.220. The molecule has 7 aromatic rings. The molecular weight excluding hydrogens is 1020 g/mol. The van der Waals surface area contributed by atoms with Gasteiger partial charge in [-0.05, 0) is 118 Å². The normalized spacial score (nSPS) is 11.4. The predicted octanol–water partition coefficient (Wildman–Crippen LogP) is 13.0. The molecule has 3 heterocycles. The van der Waals surface area contributed by atoms with Gasteiger partial charge in [-0.2, -0.15) is 10.5 Å². The smallest absolute Gasteiger partial charge is 0.233 e. The Morgan fingerprint density at radius 2 is 0.899 bits per heavy atom. The molecule has 0 aliphatic heterocycles. The van der Waals surface area contributed by atoms with E-state index in [0.717, 1.165) is 52.6 Å². The zero-order valence-electron chi connectivity index (χ0n) is 41.0. The summed E-state index contributed by atoms with van der Waals surface area (Å²) in [6.07, 6.45) is 6.10. The number of allylic oxidation sites excluding steroid dienone is 1. The number of hydrogen-bond donors (Lipinski definition) is 0. The monoisotopic (exact) mass is 1080 g/mol. The van der Waals surface area contributed by atoms with Gasteiger partial charge in [-0.3, -0.25) is 0 Å². The van der Waals surface area contributed by atoms with Crippen molar-refractivity contribution in [1.82, 2.24) is 29.1 Å². The Kier molecular flexibility index (Phi) is 24.2. The molecule has 0 unspecified atom stereocenters. The van der Waals surface area contributed by atoms with Gasteiger partial charge in [-0.15, -0.1) is 0 Å². The third kappa shape index (κ3) is 23.6. The number of aryl methyl sites for hydroxylation is 6. The van der Waals surface area contributed by atoms with Crippen LogP contribution in [0.15, 0.2) is 140 Å². The molecule has 3 aromatic heterocycles. The van der Waals surface area contributed by atoms with E-state index in [1.807, 2.05) is 45.0 Å². The average molecular weight is 1070 g/mol. The molecule has 9 nitrogen and oxygen atoms in total. The van der Waals surface area contributed by atoms with E-state index in [-0.39, 0.29) is 25.5 Å². The maximum atomic E-state index is 10.4. The summed E-state index contributed by atoms with van der Waals surface area (Å²) in [5, 5.41) is 32.9. The van der Waals surface area contributed by atoms with Crippen LogP contribution in [-0.4, -0.2) is 42.1 Å². The Labute approximate surface area is 417 Å². The van der Waals surface area contributed by atoms with Crippen molar-refractivity contribution in [1.29, 1.82) is 10.5 Å². The minimum absolute atomic E-state index is 0. The van der Waals surface area contributed by atoms with Crippen molar-refractivity contribution in [3.05, 3.63) is 185 Å². The van der Waals surface area contributed by atoms with Crippen molar-refractivity contribution in [2.24, 2.45) is 0 Å². The van der Waals surface area contributed by atoms with E-state index < -0.39 is 22.8 Å². The molecule has 0 N–H and O–H groups in total. The predicted molar refractivity (Wildman–Crippen MR) is 270 cm³/mol. The zero-order chi connectivity index (χ0) is 51.9. The first-order valence-electron chi connectivity index (χ1n) is 21.8. The molecule has 4 aromatic carbocycles. The van der Waals surface area contributed by atoms with Crippen LogP contribution in [0.5, 0.6) is 0 Å². The van der Waals surface area contributed by atoms with E-state index in [1.165, 1.54) is 29.8 Å². The fourth-order valence-corrected chi connectivity index (χ4v) is 8.94. The number of carbonyl (C=O) groups excluding carboxylic acids is 1. The Morgan fingerprint density at radius 3 is 1.16 bits per heavy atom. The molecule has 69 heavy (non-hydrogen) atoms. The van der Waals surface area contributed by atoms with Crippen molar-refractivity contribution in [3.63, 3.8) is 0 Å². The summed E-state index contributed by atoms with van der Waals surface area (Å²) < 4.78 is 72.8. The summed E-state index contributed by atoms with van der Waals surface area (Å²) in [5.41, 5.74) is 7.95. The molecule has 0 atom stereocenters. The van der Waals surface area contributed by atoms with E-state index in [9.17, 15) is 30.0 Å². The van der Waals surface area contributed by atoms with E-state index in [0.29, 0.717) is 5.56 Å². The van der Waals surface area contributed by atoms with E-state index >= 15 is 0 Å². The molecule has 7 rings (SSSR count). The maximum Gasteiger partial charge on any atom is 2.00 e. The van der Waals surface area contributed by atoms with Crippen molar-refractivity contribution in [2.75, 3.05) is 0 Å². The summed E-state index contributed by atoms with van der Waals surface area (Å²) in [4.78, 5) is 10.4. The Balaban J connectivity index is 0.000000469. The quantitative estimate of drug-likeness (QED) is 0.0583. The summed E-state index contributed by atoms with van der Waals surface area (Å²) in [5.74, 6) is 1.61. The summed E-state index contributed by atoms with van der Waals surface area (Å²) in [7, 11) is -12.4. The number of halogens is 6. The summed E-state index contributed by atoms with van der Waals surface area (Å²) in [6.45, 7) is 17.3. The van der Waals surface area contributed by atoms with Crippen LogP contribution in [0.2, 0.25) is 0 Å². The third-order valence-electron chi connectivity index (χ3n) is 9.06. The van der Waals surface area contributed by atoms with Gasteiger partial charge in [0.2, 0.25) is 0 Å². The molecule has 0 amide bonds. The molecule has 0 radical (unpaired) electrons. The molecule has 19 heteroatoms. The van der Waals surface area contributed by atoms with Crippen LogP contribution in [0.3, 0.4) is 0 Å². The van der Waals surface area contributed by atoms with Gasteiger partial charge in [0, 0.05) is 19.9 Å². The molecular formula is C50H57BF6N8OP2Ru. The van der Waals surface area contributed by atoms with Crippen LogP contribution in [0.4, 0.5) is 25.2 Å². The maximum absolute atomic E-state index is 10.7. The van der Waals surface area contributed by atoms with Crippen LogP contribution >= 0.6 is 15.7 Å². The molecule has 0 spiro atoms. The van der Waals surface area contributed by atoms with Crippen LogP contribution in [0.25, 0.3) is 12.1 Å². The number of unbranched alkanes of at least 4 members (excludes halogenated alkanes) is 1. The van der Waals surface area contributed by atoms with Crippen LogP contribution in [0.1, 0.15) is 80.3 Å². The Bertz CT molecular complexity index is 2620. The second kappa shape index (κ2) is 28.3. The first-order chi connectivity index (χ1) is 32.4. The molecule has 0 aliphatic rings. The van der Waals surface area contributed by atoms with Gasteiger partial charge in [-0.25, -0.2) is 20.1 Å². The molecule has 0 fully saturated rings. The number of rotatable bonds is 10. The van der Waals surface area contributed by atoms with Gasteiger partial charge in [0.05, 0.1) is 30.6 Å². The van der Waals surface area contributed by atoms with Gasteiger partial charge in [0.15, 0.2) is 0 Å². The molecule has 0 saturated carbocycles.